The van der Waals surface area contributed by atoms with Crippen LogP contribution in [0, 0.1) is 0 Å². The Labute approximate surface area is 197 Å². The highest BCUT2D eigenvalue weighted by Gasteiger charge is 2.22. The van der Waals surface area contributed by atoms with Crippen LogP contribution in [-0.4, -0.2) is 54.7 Å². The van der Waals surface area contributed by atoms with Gasteiger partial charge in [0.2, 0.25) is 11.8 Å². The Hall–Kier alpha value is -3.24. The summed E-state index contributed by atoms with van der Waals surface area (Å²) in [6.07, 6.45) is 0.695. The molecule has 0 radical (unpaired) electrons. The van der Waals surface area contributed by atoms with Crippen LogP contribution in [0.4, 0.5) is 0 Å². The van der Waals surface area contributed by atoms with Gasteiger partial charge in [0.15, 0.2) is 0 Å². The lowest BCUT2D eigenvalue weighted by molar-refractivity contribution is -0.129. The first kappa shape index (κ1) is 26.0. The molecule has 0 aliphatic carbocycles. The molecule has 0 spiro atoms. The summed E-state index contributed by atoms with van der Waals surface area (Å²) in [4.78, 5) is 36.9. The Morgan fingerprint density at radius 1 is 1.03 bits per heavy atom. The largest absolute Gasteiger partial charge is 0.497 e. The number of hydrogen-bond acceptors (Lipinski definition) is 7. The van der Waals surface area contributed by atoms with Gasteiger partial charge in [-0.25, -0.2) is 5.48 Å². The lowest BCUT2D eigenvalue weighted by Crippen LogP contribution is -2.48. The Morgan fingerprint density at radius 3 is 2.30 bits per heavy atom. The number of rotatable bonds is 13. The van der Waals surface area contributed by atoms with Crippen molar-refractivity contribution in [1.82, 2.24) is 16.1 Å². The number of hydroxylamine groups is 1. The number of benzene rings is 2. The highest BCUT2D eigenvalue weighted by molar-refractivity contribution is 7.99. The van der Waals surface area contributed by atoms with Crippen molar-refractivity contribution >= 4 is 29.5 Å². The van der Waals surface area contributed by atoms with E-state index in [-0.39, 0.29) is 12.3 Å². The van der Waals surface area contributed by atoms with E-state index in [1.807, 2.05) is 30.3 Å². The minimum atomic E-state index is -0.796. The summed E-state index contributed by atoms with van der Waals surface area (Å²) in [7, 11) is 2.98. The molecule has 2 aromatic rings. The first-order valence-corrected chi connectivity index (χ1v) is 11.5. The molecule has 9 nitrogen and oxygen atoms in total. The molecular formula is C23H29N3O6S. The van der Waals surface area contributed by atoms with Crippen LogP contribution in [-0.2, 0) is 16.1 Å². The van der Waals surface area contributed by atoms with Crippen molar-refractivity contribution in [2.75, 3.05) is 25.7 Å². The van der Waals surface area contributed by atoms with Crippen LogP contribution in [0.2, 0.25) is 0 Å². The molecule has 4 N–H and O–H groups in total. The fourth-order valence-corrected chi connectivity index (χ4v) is 3.85. The van der Waals surface area contributed by atoms with Crippen molar-refractivity contribution in [2.24, 2.45) is 0 Å². The van der Waals surface area contributed by atoms with Crippen molar-refractivity contribution in [1.29, 1.82) is 0 Å². The molecule has 1 atom stereocenters. The van der Waals surface area contributed by atoms with Gasteiger partial charge in [-0.3, -0.25) is 19.6 Å². The fraction of sp³-hybridized carbons (Fsp3) is 0.348. The summed E-state index contributed by atoms with van der Waals surface area (Å²) in [5.41, 5.74) is 2.83. The maximum atomic E-state index is 12.9. The maximum Gasteiger partial charge on any atom is 0.252 e. The molecule has 0 fully saturated rings. The highest BCUT2D eigenvalue weighted by Crippen LogP contribution is 2.22. The van der Waals surface area contributed by atoms with Crippen molar-refractivity contribution in [3.8, 4) is 11.5 Å². The van der Waals surface area contributed by atoms with Crippen LogP contribution in [0.1, 0.15) is 28.8 Å². The van der Waals surface area contributed by atoms with E-state index in [2.05, 4.69) is 10.6 Å². The average molecular weight is 476 g/mol. The number of carbonyl (C=O) groups is 3. The molecule has 0 aromatic heterocycles. The Kier molecular flexibility index (Phi) is 11.1. The number of carbonyl (C=O) groups excluding carboxylic acids is 3. The molecular weight excluding hydrogens is 446 g/mol. The Balaban J connectivity index is 2.04. The van der Waals surface area contributed by atoms with Crippen LogP contribution < -0.4 is 25.6 Å². The first-order chi connectivity index (χ1) is 16.0. The Bertz CT molecular complexity index is 903. The zero-order valence-corrected chi connectivity index (χ0v) is 19.4. The van der Waals surface area contributed by atoms with Gasteiger partial charge in [-0.1, -0.05) is 30.3 Å². The van der Waals surface area contributed by atoms with Gasteiger partial charge in [-0.05, 0) is 29.9 Å². The van der Waals surface area contributed by atoms with Gasteiger partial charge in [0.25, 0.3) is 5.91 Å². The van der Waals surface area contributed by atoms with Crippen molar-refractivity contribution in [3.05, 3.63) is 59.7 Å². The quantitative estimate of drug-likeness (QED) is 0.199. The van der Waals surface area contributed by atoms with E-state index in [0.29, 0.717) is 41.5 Å². The summed E-state index contributed by atoms with van der Waals surface area (Å²) in [6.45, 7) is 0.334. The van der Waals surface area contributed by atoms with Gasteiger partial charge in [0.05, 0.1) is 14.2 Å². The van der Waals surface area contributed by atoms with Gasteiger partial charge < -0.3 is 20.1 Å². The van der Waals surface area contributed by atoms with Crippen molar-refractivity contribution < 1.29 is 29.1 Å². The topological polar surface area (TPSA) is 126 Å². The molecule has 0 saturated heterocycles. The van der Waals surface area contributed by atoms with E-state index in [0.717, 1.165) is 5.56 Å². The van der Waals surface area contributed by atoms with Crippen LogP contribution in [0.15, 0.2) is 48.5 Å². The van der Waals surface area contributed by atoms with Crippen molar-refractivity contribution in [2.45, 2.75) is 25.4 Å². The monoisotopic (exact) mass is 475 g/mol. The predicted octanol–water partition coefficient (Wildman–Crippen LogP) is 2.14. The van der Waals surface area contributed by atoms with Gasteiger partial charge in [-0.2, -0.15) is 11.8 Å². The zero-order chi connectivity index (χ0) is 24.1. The summed E-state index contributed by atoms with van der Waals surface area (Å²) < 4.78 is 10.4. The first-order valence-electron chi connectivity index (χ1n) is 10.3. The van der Waals surface area contributed by atoms with E-state index in [9.17, 15) is 14.4 Å². The van der Waals surface area contributed by atoms with E-state index >= 15 is 0 Å². The summed E-state index contributed by atoms with van der Waals surface area (Å²) in [6, 6.07) is 13.5. The van der Waals surface area contributed by atoms with E-state index in [4.69, 9.17) is 14.7 Å². The van der Waals surface area contributed by atoms with E-state index in [1.165, 1.54) is 26.0 Å². The second kappa shape index (κ2) is 14.0. The SMILES string of the molecule is COc1cc(OC)cc(C(=O)N[C@@H](CSCCCC(=O)NO)C(=O)NCc2ccccc2)c1. The van der Waals surface area contributed by atoms with Crippen LogP contribution >= 0.6 is 11.8 Å². The normalized spacial score (nSPS) is 11.2. The predicted molar refractivity (Wildman–Crippen MR) is 126 cm³/mol. The number of amides is 3. The second-order valence-electron chi connectivity index (χ2n) is 7.04. The molecule has 178 valence electrons. The molecule has 0 bridgehead atoms. The summed E-state index contributed by atoms with van der Waals surface area (Å²) in [5, 5.41) is 14.2. The smallest absolute Gasteiger partial charge is 0.252 e. The van der Waals surface area contributed by atoms with Gasteiger partial charge in [0, 0.05) is 30.3 Å². The Morgan fingerprint density at radius 2 is 1.70 bits per heavy atom. The zero-order valence-electron chi connectivity index (χ0n) is 18.6. The van der Waals surface area contributed by atoms with Gasteiger partial charge in [-0.15, -0.1) is 0 Å². The van der Waals surface area contributed by atoms with E-state index in [1.54, 1.807) is 23.7 Å². The summed E-state index contributed by atoms with van der Waals surface area (Å²) in [5.74, 6) is 0.595. The summed E-state index contributed by atoms with van der Waals surface area (Å²) >= 11 is 1.43. The lowest BCUT2D eigenvalue weighted by Gasteiger charge is -2.19. The minimum absolute atomic E-state index is 0.171. The molecule has 10 heteroatoms. The van der Waals surface area contributed by atoms with Crippen LogP contribution in [0.5, 0.6) is 11.5 Å². The van der Waals surface area contributed by atoms with Gasteiger partial charge in [0.1, 0.15) is 17.5 Å². The number of hydrogen-bond donors (Lipinski definition) is 4. The molecule has 3 amide bonds. The van der Waals surface area contributed by atoms with Crippen LogP contribution in [0.3, 0.4) is 0 Å². The fourth-order valence-electron chi connectivity index (χ4n) is 2.86. The van der Waals surface area contributed by atoms with E-state index < -0.39 is 17.9 Å². The number of ether oxygens (including phenoxy) is 2. The molecule has 0 saturated carbocycles. The molecule has 0 heterocycles. The van der Waals surface area contributed by atoms with Gasteiger partial charge >= 0.3 is 0 Å². The molecule has 2 aromatic carbocycles. The molecule has 0 aliphatic heterocycles. The molecule has 0 unspecified atom stereocenters. The van der Waals surface area contributed by atoms with Crippen molar-refractivity contribution in [3.63, 3.8) is 0 Å². The average Bonchev–Trinajstić information content (AvgIpc) is 2.86. The third kappa shape index (κ3) is 9.03. The maximum absolute atomic E-state index is 12.9. The standard InChI is InChI=1S/C23H29N3O6S/c1-31-18-11-17(12-19(13-18)32-2)22(28)25-20(15-33-10-6-9-21(27)26-30)23(29)24-14-16-7-4-3-5-8-16/h3-5,7-8,11-13,20,30H,6,9-10,14-15H2,1-2H3,(H,24,29)(H,25,28)(H,26,27)/t20-/m0/s1. The third-order valence-electron chi connectivity index (χ3n) is 4.65. The molecule has 33 heavy (non-hydrogen) atoms. The lowest BCUT2D eigenvalue weighted by atomic mass is 10.1. The minimum Gasteiger partial charge on any atom is -0.497 e. The van der Waals surface area contributed by atoms with Crippen LogP contribution in [0.25, 0.3) is 0 Å². The molecule has 0 aliphatic rings. The number of methoxy groups -OCH3 is 2. The third-order valence-corrected chi connectivity index (χ3v) is 5.79. The number of nitrogens with one attached hydrogen (secondary N) is 3. The highest BCUT2D eigenvalue weighted by atomic mass is 32.2. The second-order valence-corrected chi connectivity index (χ2v) is 8.19. The molecule has 2 rings (SSSR count). The number of thioether (sulfide) groups is 1.